The Labute approximate surface area is 144 Å². The molecule has 1 unspecified atom stereocenters. The van der Waals surface area contributed by atoms with Gasteiger partial charge in [-0.2, -0.15) is 5.10 Å². The predicted octanol–water partition coefficient (Wildman–Crippen LogP) is 2.52. The number of non-ortho nitro benzene ring substituents is 1. The van der Waals surface area contributed by atoms with Crippen LogP contribution >= 0.6 is 0 Å². The fourth-order valence-electron chi connectivity index (χ4n) is 1.86. The Hall–Kier alpha value is -3.42. The van der Waals surface area contributed by atoms with E-state index < -0.39 is 16.9 Å². The molecule has 0 saturated carbocycles. The number of benzene rings is 2. The Kier molecular flexibility index (Phi) is 6.05. The van der Waals surface area contributed by atoms with Gasteiger partial charge in [-0.15, -0.1) is 0 Å². The smallest absolute Gasteiger partial charge is 0.280 e. The van der Waals surface area contributed by atoms with Gasteiger partial charge >= 0.3 is 0 Å². The van der Waals surface area contributed by atoms with Crippen molar-refractivity contribution in [2.75, 3.05) is 7.11 Å². The lowest BCUT2D eigenvalue weighted by atomic mass is 10.2. The Morgan fingerprint density at radius 1 is 1.16 bits per heavy atom. The average molecular weight is 343 g/mol. The fraction of sp³-hybridized carbons (Fsp3) is 0.176. The highest BCUT2D eigenvalue weighted by molar-refractivity contribution is 5.84. The number of nitro groups is 1. The van der Waals surface area contributed by atoms with E-state index in [1.54, 1.807) is 38.3 Å². The average Bonchev–Trinajstić information content (AvgIpc) is 2.62. The topological polar surface area (TPSA) is 103 Å². The van der Waals surface area contributed by atoms with E-state index in [0.29, 0.717) is 5.75 Å². The van der Waals surface area contributed by atoms with Crippen molar-refractivity contribution >= 4 is 17.8 Å². The van der Waals surface area contributed by atoms with Crippen LogP contribution in [0.5, 0.6) is 11.5 Å². The maximum Gasteiger partial charge on any atom is 0.280 e. The van der Waals surface area contributed by atoms with Crippen molar-refractivity contribution < 1.29 is 19.2 Å². The molecule has 130 valence electrons. The van der Waals surface area contributed by atoms with Crippen molar-refractivity contribution in [3.8, 4) is 11.5 Å². The van der Waals surface area contributed by atoms with E-state index in [1.807, 2.05) is 0 Å². The highest BCUT2D eigenvalue weighted by Crippen LogP contribution is 2.18. The molecule has 2 aromatic rings. The maximum atomic E-state index is 11.9. The number of methoxy groups -OCH3 is 1. The Morgan fingerprint density at radius 2 is 1.76 bits per heavy atom. The van der Waals surface area contributed by atoms with Crippen molar-refractivity contribution in [2.45, 2.75) is 13.0 Å². The second kappa shape index (κ2) is 8.44. The summed E-state index contributed by atoms with van der Waals surface area (Å²) in [4.78, 5) is 22.0. The minimum Gasteiger partial charge on any atom is -0.497 e. The SMILES string of the molecule is COc1ccc(C=NNC(=O)C(C)Oc2ccc([N+](=O)[O-])cc2)cc1. The van der Waals surface area contributed by atoms with Gasteiger partial charge in [0.05, 0.1) is 18.2 Å². The molecule has 0 radical (unpaired) electrons. The highest BCUT2D eigenvalue weighted by atomic mass is 16.6. The molecule has 0 bridgehead atoms. The molecular weight excluding hydrogens is 326 g/mol. The largest absolute Gasteiger partial charge is 0.497 e. The molecule has 0 heterocycles. The van der Waals surface area contributed by atoms with Crippen LogP contribution in [-0.4, -0.2) is 30.3 Å². The van der Waals surface area contributed by atoms with E-state index in [0.717, 1.165) is 11.3 Å². The number of nitrogens with zero attached hydrogens (tertiary/aromatic N) is 2. The molecule has 0 fully saturated rings. The highest BCUT2D eigenvalue weighted by Gasteiger charge is 2.14. The van der Waals surface area contributed by atoms with Crippen LogP contribution in [-0.2, 0) is 4.79 Å². The first-order valence-electron chi connectivity index (χ1n) is 7.37. The van der Waals surface area contributed by atoms with Crippen LogP contribution in [0.3, 0.4) is 0 Å². The number of ether oxygens (including phenoxy) is 2. The zero-order chi connectivity index (χ0) is 18.2. The van der Waals surface area contributed by atoms with Gasteiger partial charge in [0.1, 0.15) is 11.5 Å². The predicted molar refractivity (Wildman–Crippen MR) is 91.9 cm³/mol. The monoisotopic (exact) mass is 343 g/mol. The zero-order valence-electron chi connectivity index (χ0n) is 13.7. The van der Waals surface area contributed by atoms with Gasteiger partial charge in [-0.3, -0.25) is 14.9 Å². The molecule has 0 saturated heterocycles. The van der Waals surface area contributed by atoms with Crippen LogP contribution in [0, 0.1) is 10.1 Å². The normalized spacial score (nSPS) is 11.8. The molecule has 25 heavy (non-hydrogen) atoms. The summed E-state index contributed by atoms with van der Waals surface area (Å²) in [5, 5.41) is 14.5. The second-order valence-corrected chi connectivity index (χ2v) is 5.02. The van der Waals surface area contributed by atoms with Crippen molar-refractivity contribution in [1.82, 2.24) is 5.43 Å². The van der Waals surface area contributed by atoms with Crippen molar-refractivity contribution in [1.29, 1.82) is 0 Å². The molecule has 2 rings (SSSR count). The van der Waals surface area contributed by atoms with E-state index in [-0.39, 0.29) is 5.69 Å². The lowest BCUT2D eigenvalue weighted by Gasteiger charge is -2.12. The molecule has 8 nitrogen and oxygen atoms in total. The first-order chi connectivity index (χ1) is 12.0. The summed E-state index contributed by atoms with van der Waals surface area (Å²) in [7, 11) is 1.58. The fourth-order valence-corrected chi connectivity index (χ4v) is 1.86. The molecule has 0 aliphatic carbocycles. The third-order valence-electron chi connectivity index (χ3n) is 3.23. The maximum absolute atomic E-state index is 11.9. The quantitative estimate of drug-likeness (QED) is 0.473. The van der Waals surface area contributed by atoms with Gasteiger partial charge in [-0.25, -0.2) is 5.43 Å². The standard InChI is InChI=1S/C17H17N3O5/c1-12(25-16-9-5-14(6-10-16)20(22)23)17(21)19-18-11-13-3-7-15(24-2)8-4-13/h3-12H,1-2H3,(H,19,21). The number of carbonyl (C=O) groups excluding carboxylic acids is 1. The Bertz CT molecular complexity index is 757. The number of nitrogens with one attached hydrogen (secondary N) is 1. The summed E-state index contributed by atoms with van der Waals surface area (Å²) in [5.41, 5.74) is 3.12. The van der Waals surface area contributed by atoms with Gasteiger partial charge in [0.2, 0.25) is 0 Å². The van der Waals surface area contributed by atoms with E-state index in [2.05, 4.69) is 10.5 Å². The number of rotatable bonds is 7. The lowest BCUT2D eigenvalue weighted by Crippen LogP contribution is -2.33. The van der Waals surface area contributed by atoms with Gasteiger partial charge in [-0.05, 0) is 48.9 Å². The summed E-state index contributed by atoms with van der Waals surface area (Å²) >= 11 is 0. The molecule has 0 spiro atoms. The van der Waals surface area contributed by atoms with E-state index >= 15 is 0 Å². The molecule has 8 heteroatoms. The van der Waals surface area contributed by atoms with Crippen LogP contribution in [0.15, 0.2) is 53.6 Å². The van der Waals surface area contributed by atoms with E-state index in [1.165, 1.54) is 30.5 Å². The van der Waals surface area contributed by atoms with Gasteiger partial charge in [0.25, 0.3) is 11.6 Å². The summed E-state index contributed by atoms with van der Waals surface area (Å²) < 4.78 is 10.5. The lowest BCUT2D eigenvalue weighted by molar-refractivity contribution is -0.384. The van der Waals surface area contributed by atoms with Gasteiger partial charge in [0, 0.05) is 12.1 Å². The summed E-state index contributed by atoms with van der Waals surface area (Å²) in [6, 6.07) is 12.6. The molecule has 1 atom stereocenters. The number of nitro benzene ring substituents is 1. The number of hydrazone groups is 1. The number of carbonyl (C=O) groups is 1. The molecule has 0 aliphatic heterocycles. The summed E-state index contributed by atoms with van der Waals surface area (Å²) in [6.07, 6.45) is 0.685. The third kappa shape index (κ3) is 5.31. The van der Waals surface area contributed by atoms with E-state index in [4.69, 9.17) is 9.47 Å². The Balaban J connectivity index is 1.86. The summed E-state index contributed by atoms with van der Waals surface area (Å²) in [6.45, 7) is 1.56. The van der Waals surface area contributed by atoms with Gasteiger partial charge < -0.3 is 9.47 Å². The van der Waals surface area contributed by atoms with Crippen LogP contribution in [0.25, 0.3) is 0 Å². The van der Waals surface area contributed by atoms with Gasteiger partial charge in [-0.1, -0.05) is 0 Å². The van der Waals surface area contributed by atoms with Crippen molar-refractivity contribution in [2.24, 2.45) is 5.10 Å². The Morgan fingerprint density at radius 3 is 2.32 bits per heavy atom. The van der Waals surface area contributed by atoms with Gasteiger partial charge in [0.15, 0.2) is 6.10 Å². The second-order valence-electron chi connectivity index (χ2n) is 5.02. The zero-order valence-corrected chi connectivity index (χ0v) is 13.7. The summed E-state index contributed by atoms with van der Waals surface area (Å²) in [5.74, 6) is 0.641. The van der Waals surface area contributed by atoms with Crippen molar-refractivity contribution in [3.63, 3.8) is 0 Å². The first kappa shape index (κ1) is 17.9. The molecule has 1 N–H and O–H groups in total. The molecule has 2 aromatic carbocycles. The number of amides is 1. The third-order valence-corrected chi connectivity index (χ3v) is 3.23. The molecular formula is C17H17N3O5. The minimum absolute atomic E-state index is 0.0476. The molecule has 0 aliphatic rings. The first-order valence-corrected chi connectivity index (χ1v) is 7.37. The van der Waals surface area contributed by atoms with Crippen LogP contribution in [0.2, 0.25) is 0 Å². The van der Waals surface area contributed by atoms with Crippen LogP contribution in [0.1, 0.15) is 12.5 Å². The van der Waals surface area contributed by atoms with E-state index in [9.17, 15) is 14.9 Å². The van der Waals surface area contributed by atoms with Crippen LogP contribution < -0.4 is 14.9 Å². The number of hydrogen-bond donors (Lipinski definition) is 1. The minimum atomic E-state index is -0.811. The number of hydrogen-bond acceptors (Lipinski definition) is 6. The van der Waals surface area contributed by atoms with Crippen LogP contribution in [0.4, 0.5) is 5.69 Å². The molecule has 0 aromatic heterocycles. The van der Waals surface area contributed by atoms with Crippen molar-refractivity contribution in [3.05, 3.63) is 64.2 Å². The molecule has 1 amide bonds.